The minimum absolute atomic E-state index is 0.160. The molecule has 0 spiro atoms. The maximum Gasteiger partial charge on any atom is 0.262 e. The number of amides is 1. The third-order valence-electron chi connectivity index (χ3n) is 2.86. The fraction of sp³-hybridized carbons (Fsp3) is 0.125. The Morgan fingerprint density at radius 1 is 1.24 bits per heavy atom. The maximum atomic E-state index is 11.9. The first-order chi connectivity index (χ1) is 10.1. The van der Waals surface area contributed by atoms with Gasteiger partial charge in [-0.1, -0.05) is 24.3 Å². The summed E-state index contributed by atoms with van der Waals surface area (Å²) in [6.07, 6.45) is 0.716. The SMILES string of the molecule is Cc1cccc(C=O)c1OCC(=O)Nc1ccccc1Br. The molecule has 5 heteroatoms. The first-order valence-electron chi connectivity index (χ1n) is 6.34. The van der Waals surface area contributed by atoms with Crippen LogP contribution in [0.2, 0.25) is 0 Å². The Labute approximate surface area is 131 Å². The van der Waals surface area contributed by atoms with Crippen LogP contribution in [0.1, 0.15) is 15.9 Å². The molecule has 0 saturated carbocycles. The first-order valence-corrected chi connectivity index (χ1v) is 7.13. The van der Waals surface area contributed by atoms with Gasteiger partial charge in [-0.25, -0.2) is 0 Å². The Morgan fingerprint density at radius 3 is 2.71 bits per heavy atom. The summed E-state index contributed by atoms with van der Waals surface area (Å²) >= 11 is 3.35. The number of anilines is 1. The maximum absolute atomic E-state index is 11.9. The summed E-state index contributed by atoms with van der Waals surface area (Å²) in [6, 6.07) is 12.6. The van der Waals surface area contributed by atoms with Crippen molar-refractivity contribution in [2.75, 3.05) is 11.9 Å². The molecule has 2 aromatic rings. The molecule has 0 unspecified atom stereocenters. The Hall–Kier alpha value is -2.14. The normalized spacial score (nSPS) is 10.0. The number of nitrogens with one attached hydrogen (secondary N) is 1. The number of benzene rings is 2. The lowest BCUT2D eigenvalue weighted by molar-refractivity contribution is -0.118. The molecule has 0 bridgehead atoms. The molecule has 21 heavy (non-hydrogen) atoms. The molecule has 0 atom stereocenters. The van der Waals surface area contributed by atoms with Gasteiger partial charge in [0.1, 0.15) is 5.75 Å². The summed E-state index contributed by atoms with van der Waals surface area (Å²) in [5.74, 6) is 0.150. The summed E-state index contributed by atoms with van der Waals surface area (Å²) < 4.78 is 6.27. The van der Waals surface area contributed by atoms with Crippen LogP contribution in [0, 0.1) is 6.92 Å². The summed E-state index contributed by atoms with van der Waals surface area (Å²) in [5.41, 5.74) is 1.92. The van der Waals surface area contributed by atoms with Crippen LogP contribution in [-0.2, 0) is 4.79 Å². The molecular formula is C16H14BrNO3. The zero-order valence-electron chi connectivity index (χ0n) is 11.4. The summed E-state index contributed by atoms with van der Waals surface area (Å²) in [4.78, 5) is 22.9. The Bertz CT molecular complexity index is 670. The lowest BCUT2D eigenvalue weighted by Gasteiger charge is -2.12. The largest absolute Gasteiger partial charge is 0.483 e. The van der Waals surface area contributed by atoms with Crippen LogP contribution in [-0.4, -0.2) is 18.8 Å². The molecule has 0 aliphatic heterocycles. The predicted molar refractivity (Wildman–Crippen MR) is 84.8 cm³/mol. The predicted octanol–water partition coefficient (Wildman–Crippen LogP) is 3.59. The van der Waals surface area contributed by atoms with Crippen molar-refractivity contribution in [3.8, 4) is 5.75 Å². The van der Waals surface area contributed by atoms with E-state index in [-0.39, 0.29) is 12.5 Å². The number of aryl methyl sites for hydroxylation is 1. The molecule has 108 valence electrons. The van der Waals surface area contributed by atoms with Gasteiger partial charge in [-0.2, -0.15) is 0 Å². The molecular weight excluding hydrogens is 334 g/mol. The number of ether oxygens (including phenoxy) is 1. The number of para-hydroxylation sites is 2. The van der Waals surface area contributed by atoms with E-state index in [1.54, 1.807) is 18.2 Å². The highest BCUT2D eigenvalue weighted by molar-refractivity contribution is 9.10. The zero-order chi connectivity index (χ0) is 15.2. The molecule has 0 fully saturated rings. The average Bonchev–Trinajstić information content (AvgIpc) is 2.48. The van der Waals surface area contributed by atoms with Crippen molar-refractivity contribution in [2.45, 2.75) is 6.92 Å². The molecule has 0 heterocycles. The molecule has 0 aliphatic rings. The van der Waals surface area contributed by atoms with Crippen molar-refractivity contribution in [1.29, 1.82) is 0 Å². The molecule has 0 aliphatic carbocycles. The molecule has 1 N–H and O–H groups in total. The van der Waals surface area contributed by atoms with E-state index in [4.69, 9.17) is 4.74 Å². The standard InChI is InChI=1S/C16H14BrNO3/c1-11-5-4-6-12(9-19)16(11)21-10-15(20)18-14-8-3-2-7-13(14)17/h2-9H,10H2,1H3,(H,18,20). The van der Waals surface area contributed by atoms with E-state index in [0.717, 1.165) is 10.0 Å². The average molecular weight is 348 g/mol. The highest BCUT2D eigenvalue weighted by Crippen LogP contribution is 2.23. The van der Waals surface area contributed by atoms with Crippen LogP contribution in [0.4, 0.5) is 5.69 Å². The van der Waals surface area contributed by atoms with Crippen LogP contribution in [0.3, 0.4) is 0 Å². The van der Waals surface area contributed by atoms with Gasteiger partial charge in [0.25, 0.3) is 5.91 Å². The minimum Gasteiger partial charge on any atom is -0.483 e. The Morgan fingerprint density at radius 2 is 2.00 bits per heavy atom. The van der Waals surface area contributed by atoms with E-state index in [9.17, 15) is 9.59 Å². The van der Waals surface area contributed by atoms with Crippen molar-refractivity contribution in [3.63, 3.8) is 0 Å². The van der Waals surface area contributed by atoms with E-state index in [1.165, 1.54) is 0 Å². The molecule has 0 saturated heterocycles. The van der Waals surface area contributed by atoms with Gasteiger partial charge < -0.3 is 10.1 Å². The van der Waals surface area contributed by atoms with Gasteiger partial charge in [0.05, 0.1) is 11.3 Å². The van der Waals surface area contributed by atoms with Gasteiger partial charge in [0, 0.05) is 4.47 Å². The zero-order valence-corrected chi connectivity index (χ0v) is 13.0. The van der Waals surface area contributed by atoms with Crippen molar-refractivity contribution in [1.82, 2.24) is 0 Å². The summed E-state index contributed by atoms with van der Waals surface area (Å²) in [7, 11) is 0. The number of aldehydes is 1. The smallest absolute Gasteiger partial charge is 0.262 e. The second kappa shape index (κ2) is 7.04. The Balaban J connectivity index is 2.02. The highest BCUT2D eigenvalue weighted by Gasteiger charge is 2.10. The van der Waals surface area contributed by atoms with E-state index < -0.39 is 0 Å². The third kappa shape index (κ3) is 3.92. The van der Waals surface area contributed by atoms with Gasteiger partial charge in [-0.15, -0.1) is 0 Å². The van der Waals surface area contributed by atoms with Crippen molar-refractivity contribution in [2.24, 2.45) is 0 Å². The highest BCUT2D eigenvalue weighted by atomic mass is 79.9. The van der Waals surface area contributed by atoms with Gasteiger partial charge in [-0.3, -0.25) is 9.59 Å². The van der Waals surface area contributed by atoms with Gasteiger partial charge in [-0.05, 0) is 46.6 Å². The molecule has 1 amide bonds. The second-order valence-electron chi connectivity index (χ2n) is 4.43. The van der Waals surface area contributed by atoms with Gasteiger partial charge in [0.15, 0.2) is 12.9 Å². The van der Waals surface area contributed by atoms with E-state index in [0.29, 0.717) is 23.3 Å². The molecule has 4 nitrogen and oxygen atoms in total. The van der Waals surface area contributed by atoms with E-state index in [2.05, 4.69) is 21.2 Å². The van der Waals surface area contributed by atoms with E-state index in [1.807, 2.05) is 31.2 Å². The first kappa shape index (κ1) is 15.3. The summed E-state index contributed by atoms with van der Waals surface area (Å²) in [6.45, 7) is 1.67. The topological polar surface area (TPSA) is 55.4 Å². The number of halogens is 1. The minimum atomic E-state index is -0.290. The van der Waals surface area contributed by atoms with Crippen LogP contribution in [0.25, 0.3) is 0 Å². The van der Waals surface area contributed by atoms with Crippen LogP contribution >= 0.6 is 15.9 Å². The number of rotatable bonds is 5. The van der Waals surface area contributed by atoms with Crippen LogP contribution < -0.4 is 10.1 Å². The third-order valence-corrected chi connectivity index (χ3v) is 3.56. The fourth-order valence-electron chi connectivity index (χ4n) is 1.85. The van der Waals surface area contributed by atoms with Crippen molar-refractivity contribution >= 4 is 33.8 Å². The molecule has 0 radical (unpaired) electrons. The fourth-order valence-corrected chi connectivity index (χ4v) is 2.24. The quantitative estimate of drug-likeness (QED) is 0.841. The van der Waals surface area contributed by atoms with E-state index >= 15 is 0 Å². The lowest BCUT2D eigenvalue weighted by Crippen LogP contribution is -2.21. The number of carbonyl (C=O) groups excluding carboxylic acids is 2. The number of carbonyl (C=O) groups is 2. The van der Waals surface area contributed by atoms with Crippen molar-refractivity contribution < 1.29 is 14.3 Å². The van der Waals surface area contributed by atoms with Crippen LogP contribution in [0.5, 0.6) is 5.75 Å². The Kier molecular flexibility index (Phi) is 5.11. The number of hydrogen-bond donors (Lipinski definition) is 1. The van der Waals surface area contributed by atoms with Crippen molar-refractivity contribution in [3.05, 3.63) is 58.1 Å². The number of hydrogen-bond acceptors (Lipinski definition) is 3. The second-order valence-corrected chi connectivity index (χ2v) is 5.28. The van der Waals surface area contributed by atoms with Gasteiger partial charge >= 0.3 is 0 Å². The summed E-state index contributed by atoms with van der Waals surface area (Å²) in [5, 5.41) is 2.74. The molecule has 2 aromatic carbocycles. The molecule has 2 rings (SSSR count). The molecule has 0 aromatic heterocycles. The lowest BCUT2D eigenvalue weighted by atomic mass is 10.1. The monoisotopic (exact) mass is 347 g/mol. The van der Waals surface area contributed by atoms with Gasteiger partial charge in [0.2, 0.25) is 0 Å². The van der Waals surface area contributed by atoms with Crippen LogP contribution in [0.15, 0.2) is 46.9 Å².